The van der Waals surface area contributed by atoms with Crippen molar-refractivity contribution in [2.45, 2.75) is 0 Å². The standard InChI is InChI=1S/C9H12N6O/c1-15-4-3-6(14-15)13-8-7(10)9(16-2)12-5-11-8/h3-5H,10H2,1-2H3,(H,11,12,13,14). The van der Waals surface area contributed by atoms with E-state index in [-0.39, 0.29) is 0 Å². The zero-order chi connectivity index (χ0) is 11.5. The second kappa shape index (κ2) is 4.05. The van der Waals surface area contributed by atoms with Crippen LogP contribution in [0.5, 0.6) is 5.88 Å². The Balaban J connectivity index is 2.28. The fraction of sp³-hybridized carbons (Fsp3) is 0.222. The monoisotopic (exact) mass is 220 g/mol. The lowest BCUT2D eigenvalue weighted by molar-refractivity contribution is 0.399. The maximum Gasteiger partial charge on any atom is 0.242 e. The molecule has 7 heteroatoms. The summed E-state index contributed by atoms with van der Waals surface area (Å²) in [5.41, 5.74) is 6.16. The summed E-state index contributed by atoms with van der Waals surface area (Å²) in [5.74, 6) is 1.48. The largest absolute Gasteiger partial charge is 0.479 e. The van der Waals surface area contributed by atoms with Gasteiger partial charge in [-0.1, -0.05) is 0 Å². The van der Waals surface area contributed by atoms with Crippen molar-refractivity contribution in [1.29, 1.82) is 0 Å². The van der Waals surface area contributed by atoms with Gasteiger partial charge in [-0.05, 0) is 0 Å². The van der Waals surface area contributed by atoms with E-state index >= 15 is 0 Å². The van der Waals surface area contributed by atoms with E-state index < -0.39 is 0 Å². The second-order valence-electron chi connectivity index (χ2n) is 3.14. The van der Waals surface area contributed by atoms with Crippen LogP contribution < -0.4 is 15.8 Å². The minimum atomic E-state index is 0.341. The molecule has 2 rings (SSSR count). The number of methoxy groups -OCH3 is 1. The molecule has 16 heavy (non-hydrogen) atoms. The summed E-state index contributed by atoms with van der Waals surface area (Å²) in [4.78, 5) is 7.90. The van der Waals surface area contributed by atoms with Crippen LogP contribution in [0, 0.1) is 0 Å². The van der Waals surface area contributed by atoms with E-state index in [1.54, 1.807) is 4.68 Å². The smallest absolute Gasteiger partial charge is 0.242 e. The zero-order valence-corrected chi connectivity index (χ0v) is 9.01. The van der Waals surface area contributed by atoms with Crippen molar-refractivity contribution in [1.82, 2.24) is 19.7 Å². The van der Waals surface area contributed by atoms with Gasteiger partial charge in [0.15, 0.2) is 11.6 Å². The first-order valence-electron chi connectivity index (χ1n) is 4.62. The number of nitrogens with two attached hydrogens (primary N) is 1. The van der Waals surface area contributed by atoms with Crippen molar-refractivity contribution < 1.29 is 4.74 Å². The summed E-state index contributed by atoms with van der Waals surface area (Å²) in [7, 11) is 3.33. The van der Waals surface area contributed by atoms with E-state index in [1.807, 2.05) is 19.3 Å². The van der Waals surface area contributed by atoms with Crippen molar-refractivity contribution in [3.05, 3.63) is 18.6 Å². The van der Waals surface area contributed by atoms with E-state index in [9.17, 15) is 0 Å². The van der Waals surface area contributed by atoms with Crippen LogP contribution >= 0.6 is 0 Å². The van der Waals surface area contributed by atoms with Crippen LogP contribution in [0.25, 0.3) is 0 Å². The molecule has 2 heterocycles. The third-order valence-electron chi connectivity index (χ3n) is 2.00. The fourth-order valence-electron chi connectivity index (χ4n) is 1.24. The maximum atomic E-state index is 5.80. The van der Waals surface area contributed by atoms with Gasteiger partial charge in [0.05, 0.1) is 7.11 Å². The van der Waals surface area contributed by atoms with Gasteiger partial charge in [-0.15, -0.1) is 0 Å². The molecule has 0 saturated carbocycles. The van der Waals surface area contributed by atoms with Gasteiger partial charge in [0, 0.05) is 19.3 Å². The predicted molar refractivity (Wildman–Crippen MR) is 59.5 cm³/mol. The van der Waals surface area contributed by atoms with Crippen LogP contribution in [-0.4, -0.2) is 26.9 Å². The number of anilines is 3. The molecular weight excluding hydrogens is 208 g/mol. The quantitative estimate of drug-likeness (QED) is 0.784. The van der Waals surface area contributed by atoms with Gasteiger partial charge in [-0.25, -0.2) is 4.98 Å². The van der Waals surface area contributed by atoms with E-state index in [1.165, 1.54) is 13.4 Å². The molecule has 0 aliphatic carbocycles. The Morgan fingerprint density at radius 2 is 2.25 bits per heavy atom. The number of nitrogen functional groups attached to an aromatic ring is 1. The van der Waals surface area contributed by atoms with Gasteiger partial charge in [-0.3, -0.25) is 4.68 Å². The normalized spacial score (nSPS) is 10.1. The summed E-state index contributed by atoms with van der Waals surface area (Å²) in [6.07, 6.45) is 3.19. The lowest BCUT2D eigenvalue weighted by Gasteiger charge is -2.07. The molecule has 0 atom stereocenters. The van der Waals surface area contributed by atoms with Crippen LogP contribution in [0.4, 0.5) is 17.3 Å². The topological polar surface area (TPSA) is 90.9 Å². The average Bonchev–Trinajstić information content (AvgIpc) is 2.67. The molecule has 0 spiro atoms. The van der Waals surface area contributed by atoms with Crippen molar-refractivity contribution in [3.63, 3.8) is 0 Å². The number of nitrogens with one attached hydrogen (secondary N) is 1. The minimum Gasteiger partial charge on any atom is -0.479 e. The molecule has 0 aliphatic heterocycles. The van der Waals surface area contributed by atoms with E-state index in [2.05, 4.69) is 20.4 Å². The van der Waals surface area contributed by atoms with Crippen LogP contribution in [-0.2, 0) is 7.05 Å². The molecule has 3 N–H and O–H groups in total. The van der Waals surface area contributed by atoms with Crippen molar-refractivity contribution in [2.24, 2.45) is 7.05 Å². The Morgan fingerprint density at radius 1 is 1.44 bits per heavy atom. The molecular formula is C9H12N6O. The highest BCUT2D eigenvalue weighted by molar-refractivity contribution is 5.70. The summed E-state index contributed by atoms with van der Waals surface area (Å²) < 4.78 is 6.66. The number of aryl methyl sites for hydroxylation is 1. The molecule has 0 aliphatic rings. The number of hydrogen-bond acceptors (Lipinski definition) is 6. The molecule has 7 nitrogen and oxygen atoms in total. The first-order chi connectivity index (χ1) is 7.70. The van der Waals surface area contributed by atoms with E-state index in [0.29, 0.717) is 23.2 Å². The highest BCUT2D eigenvalue weighted by Gasteiger charge is 2.09. The first kappa shape index (κ1) is 10.2. The summed E-state index contributed by atoms with van der Waals surface area (Å²) in [6.45, 7) is 0. The maximum absolute atomic E-state index is 5.80. The SMILES string of the molecule is COc1ncnc(Nc2ccn(C)n2)c1N. The number of hydrogen-bond donors (Lipinski definition) is 2. The minimum absolute atomic E-state index is 0.341. The Bertz CT molecular complexity index is 494. The Labute approximate surface area is 92.3 Å². The van der Waals surface area contributed by atoms with Crippen molar-refractivity contribution >= 4 is 17.3 Å². The predicted octanol–water partition coefficient (Wildman–Crippen LogP) is 0.544. The lowest BCUT2D eigenvalue weighted by Crippen LogP contribution is -2.03. The third kappa shape index (κ3) is 1.88. The molecule has 0 radical (unpaired) electrons. The van der Waals surface area contributed by atoms with Gasteiger partial charge in [0.2, 0.25) is 5.88 Å². The fourth-order valence-corrected chi connectivity index (χ4v) is 1.24. The van der Waals surface area contributed by atoms with Gasteiger partial charge < -0.3 is 15.8 Å². The number of ether oxygens (including phenoxy) is 1. The average molecular weight is 220 g/mol. The lowest BCUT2D eigenvalue weighted by atomic mass is 10.4. The van der Waals surface area contributed by atoms with Gasteiger partial charge in [-0.2, -0.15) is 10.1 Å². The van der Waals surface area contributed by atoms with Gasteiger partial charge in [0.25, 0.3) is 0 Å². The van der Waals surface area contributed by atoms with Crippen molar-refractivity contribution in [3.8, 4) is 5.88 Å². The first-order valence-corrected chi connectivity index (χ1v) is 4.62. The zero-order valence-electron chi connectivity index (χ0n) is 9.01. The highest BCUT2D eigenvalue weighted by atomic mass is 16.5. The van der Waals surface area contributed by atoms with Gasteiger partial charge in [0.1, 0.15) is 12.0 Å². The molecule has 2 aromatic rings. The third-order valence-corrected chi connectivity index (χ3v) is 2.00. The molecule has 84 valence electrons. The molecule has 0 amide bonds. The Hall–Kier alpha value is -2.31. The highest BCUT2D eigenvalue weighted by Crippen LogP contribution is 2.25. The van der Waals surface area contributed by atoms with E-state index in [0.717, 1.165) is 0 Å². The van der Waals surface area contributed by atoms with Gasteiger partial charge >= 0.3 is 0 Å². The summed E-state index contributed by atoms with van der Waals surface area (Å²) >= 11 is 0. The molecule has 0 bridgehead atoms. The van der Waals surface area contributed by atoms with Crippen LogP contribution in [0.1, 0.15) is 0 Å². The summed E-state index contributed by atoms with van der Waals surface area (Å²) in [6, 6.07) is 1.81. The number of nitrogens with zero attached hydrogens (tertiary/aromatic N) is 4. The molecule has 0 unspecified atom stereocenters. The number of rotatable bonds is 3. The van der Waals surface area contributed by atoms with E-state index in [4.69, 9.17) is 10.5 Å². The molecule has 0 aromatic carbocycles. The van der Waals surface area contributed by atoms with Crippen LogP contribution in [0.15, 0.2) is 18.6 Å². The van der Waals surface area contributed by atoms with Crippen LogP contribution in [0.2, 0.25) is 0 Å². The Morgan fingerprint density at radius 3 is 2.88 bits per heavy atom. The number of aromatic nitrogens is 4. The summed E-state index contributed by atoms with van der Waals surface area (Å²) in [5, 5.41) is 7.13. The Kier molecular flexibility index (Phi) is 2.59. The molecule has 0 fully saturated rings. The second-order valence-corrected chi connectivity index (χ2v) is 3.14. The molecule has 0 saturated heterocycles. The van der Waals surface area contributed by atoms with Crippen molar-refractivity contribution in [2.75, 3.05) is 18.2 Å². The molecule has 2 aromatic heterocycles. The van der Waals surface area contributed by atoms with Crippen LogP contribution in [0.3, 0.4) is 0 Å².